The second-order valence-corrected chi connectivity index (χ2v) is 1.86. The monoisotopic (exact) mass is 148 g/mol. The average Bonchev–Trinajstić information content (AvgIpc) is 2.01. The van der Waals surface area contributed by atoms with E-state index in [2.05, 4.69) is 21.2 Å². The summed E-state index contributed by atoms with van der Waals surface area (Å²) in [6, 6.07) is 1.70. The van der Waals surface area contributed by atoms with E-state index in [4.69, 9.17) is 12.2 Å². The van der Waals surface area contributed by atoms with E-state index < -0.39 is 0 Å². The molecular formula is C7H8N4. The zero-order valence-electron chi connectivity index (χ0n) is 5.91. The molecule has 0 spiro atoms. The van der Waals surface area contributed by atoms with Crippen molar-refractivity contribution in [3.8, 4) is 12.3 Å². The van der Waals surface area contributed by atoms with Crippen LogP contribution in [0.4, 0.5) is 11.8 Å². The molecule has 0 aromatic carbocycles. The van der Waals surface area contributed by atoms with Crippen molar-refractivity contribution in [1.29, 1.82) is 0 Å². The maximum absolute atomic E-state index is 5.32. The molecule has 0 saturated carbocycles. The Labute approximate surface area is 64.9 Å². The molecule has 0 aliphatic heterocycles. The van der Waals surface area contributed by atoms with Crippen LogP contribution in [0.5, 0.6) is 0 Å². The first-order valence-corrected chi connectivity index (χ1v) is 3.09. The quantitative estimate of drug-likeness (QED) is 0.584. The summed E-state index contributed by atoms with van der Waals surface area (Å²) >= 11 is 0. The van der Waals surface area contributed by atoms with E-state index in [1.54, 1.807) is 12.3 Å². The number of hydrogen-bond donors (Lipinski definition) is 2. The van der Waals surface area contributed by atoms with Crippen molar-refractivity contribution in [2.24, 2.45) is 0 Å². The molecule has 1 aromatic heterocycles. The lowest BCUT2D eigenvalue weighted by molar-refractivity contribution is 1.16. The van der Waals surface area contributed by atoms with Crippen LogP contribution in [0.15, 0.2) is 12.3 Å². The van der Waals surface area contributed by atoms with E-state index in [9.17, 15) is 0 Å². The van der Waals surface area contributed by atoms with Crippen LogP contribution in [-0.4, -0.2) is 16.5 Å². The van der Waals surface area contributed by atoms with E-state index in [0.717, 1.165) is 0 Å². The van der Waals surface area contributed by atoms with Crippen molar-refractivity contribution in [1.82, 2.24) is 9.97 Å². The molecule has 4 nitrogen and oxygen atoms in total. The van der Waals surface area contributed by atoms with Gasteiger partial charge in [-0.3, -0.25) is 0 Å². The number of nitrogens with zero attached hydrogens (tertiary/aromatic N) is 2. The highest BCUT2D eigenvalue weighted by molar-refractivity contribution is 5.38. The SMILES string of the molecule is C#CCNc1ccnc(N)n1. The Kier molecular flexibility index (Phi) is 2.28. The minimum Gasteiger partial charge on any atom is -0.368 e. The first-order chi connectivity index (χ1) is 5.33. The molecule has 0 saturated heterocycles. The number of terminal acetylenes is 1. The molecule has 0 atom stereocenters. The summed E-state index contributed by atoms with van der Waals surface area (Å²) in [5.74, 6) is 3.31. The van der Waals surface area contributed by atoms with Crippen LogP contribution in [0, 0.1) is 12.3 Å². The van der Waals surface area contributed by atoms with Gasteiger partial charge < -0.3 is 11.1 Å². The van der Waals surface area contributed by atoms with Gasteiger partial charge >= 0.3 is 0 Å². The van der Waals surface area contributed by atoms with E-state index in [1.807, 2.05) is 0 Å². The normalized spacial score (nSPS) is 8.64. The highest BCUT2D eigenvalue weighted by atomic mass is 15.1. The summed E-state index contributed by atoms with van der Waals surface area (Å²) in [7, 11) is 0. The van der Waals surface area contributed by atoms with Crippen LogP contribution in [0.2, 0.25) is 0 Å². The van der Waals surface area contributed by atoms with Crippen LogP contribution in [0.3, 0.4) is 0 Å². The summed E-state index contributed by atoms with van der Waals surface area (Å²) in [6.07, 6.45) is 6.60. The summed E-state index contributed by atoms with van der Waals surface area (Å²) in [5.41, 5.74) is 5.32. The van der Waals surface area contributed by atoms with Crippen molar-refractivity contribution in [2.45, 2.75) is 0 Å². The van der Waals surface area contributed by atoms with Gasteiger partial charge in [-0.1, -0.05) is 5.92 Å². The van der Waals surface area contributed by atoms with Crippen molar-refractivity contribution in [2.75, 3.05) is 17.6 Å². The maximum atomic E-state index is 5.32. The van der Waals surface area contributed by atoms with Gasteiger partial charge in [0, 0.05) is 6.20 Å². The van der Waals surface area contributed by atoms with Crippen LogP contribution in [-0.2, 0) is 0 Å². The zero-order chi connectivity index (χ0) is 8.10. The van der Waals surface area contributed by atoms with E-state index in [0.29, 0.717) is 12.4 Å². The molecule has 0 aliphatic rings. The van der Waals surface area contributed by atoms with Crippen molar-refractivity contribution in [3.05, 3.63) is 12.3 Å². The number of nitrogens with two attached hydrogens (primary N) is 1. The van der Waals surface area contributed by atoms with Crippen LogP contribution in [0.25, 0.3) is 0 Å². The van der Waals surface area contributed by atoms with Gasteiger partial charge in [0.15, 0.2) is 0 Å². The van der Waals surface area contributed by atoms with Crippen LogP contribution < -0.4 is 11.1 Å². The number of nitrogen functional groups attached to an aromatic ring is 1. The Bertz CT molecular complexity index is 276. The lowest BCUT2D eigenvalue weighted by Gasteiger charge is -1.99. The Morgan fingerprint density at radius 3 is 3.18 bits per heavy atom. The molecular weight excluding hydrogens is 140 g/mol. The van der Waals surface area contributed by atoms with Crippen molar-refractivity contribution in [3.63, 3.8) is 0 Å². The number of hydrogen-bond acceptors (Lipinski definition) is 4. The zero-order valence-corrected chi connectivity index (χ0v) is 5.91. The Hall–Kier alpha value is -1.76. The molecule has 3 N–H and O–H groups in total. The predicted molar refractivity (Wildman–Crippen MR) is 43.8 cm³/mol. The second kappa shape index (κ2) is 3.42. The number of rotatable bonds is 2. The summed E-state index contributed by atoms with van der Waals surface area (Å²) in [6.45, 7) is 0.441. The summed E-state index contributed by atoms with van der Waals surface area (Å²) in [5, 5.41) is 2.87. The van der Waals surface area contributed by atoms with E-state index >= 15 is 0 Å². The molecule has 0 fully saturated rings. The van der Waals surface area contributed by atoms with Gasteiger partial charge in [0.2, 0.25) is 5.95 Å². The maximum Gasteiger partial charge on any atom is 0.221 e. The third kappa shape index (κ3) is 2.14. The molecule has 1 aromatic rings. The molecule has 56 valence electrons. The Morgan fingerprint density at radius 1 is 1.73 bits per heavy atom. The molecule has 11 heavy (non-hydrogen) atoms. The van der Waals surface area contributed by atoms with Gasteiger partial charge in [-0.25, -0.2) is 4.98 Å². The largest absolute Gasteiger partial charge is 0.368 e. The third-order valence-corrected chi connectivity index (χ3v) is 1.05. The minimum absolute atomic E-state index is 0.243. The molecule has 1 heterocycles. The van der Waals surface area contributed by atoms with Crippen molar-refractivity contribution < 1.29 is 0 Å². The van der Waals surface area contributed by atoms with Crippen LogP contribution in [0.1, 0.15) is 0 Å². The molecule has 1 rings (SSSR count). The third-order valence-electron chi connectivity index (χ3n) is 1.05. The van der Waals surface area contributed by atoms with E-state index in [1.165, 1.54) is 0 Å². The van der Waals surface area contributed by atoms with Gasteiger partial charge in [-0.2, -0.15) is 4.98 Å². The molecule has 0 radical (unpaired) electrons. The number of anilines is 2. The Balaban J connectivity index is 2.65. The Morgan fingerprint density at radius 2 is 2.55 bits per heavy atom. The van der Waals surface area contributed by atoms with E-state index in [-0.39, 0.29) is 5.95 Å². The van der Waals surface area contributed by atoms with Crippen molar-refractivity contribution >= 4 is 11.8 Å². The molecule has 0 bridgehead atoms. The number of nitrogens with one attached hydrogen (secondary N) is 1. The summed E-state index contributed by atoms with van der Waals surface area (Å²) in [4.78, 5) is 7.59. The molecule has 4 heteroatoms. The first-order valence-electron chi connectivity index (χ1n) is 3.09. The van der Waals surface area contributed by atoms with Gasteiger partial charge in [0.1, 0.15) is 5.82 Å². The van der Waals surface area contributed by atoms with Gasteiger partial charge in [-0.05, 0) is 6.07 Å². The fourth-order valence-electron chi connectivity index (χ4n) is 0.614. The lowest BCUT2D eigenvalue weighted by Crippen LogP contribution is -2.03. The van der Waals surface area contributed by atoms with Crippen LogP contribution >= 0.6 is 0 Å². The fourth-order valence-corrected chi connectivity index (χ4v) is 0.614. The smallest absolute Gasteiger partial charge is 0.221 e. The van der Waals surface area contributed by atoms with Gasteiger partial charge in [0.25, 0.3) is 0 Å². The highest BCUT2D eigenvalue weighted by Gasteiger charge is 1.91. The number of aromatic nitrogens is 2. The second-order valence-electron chi connectivity index (χ2n) is 1.86. The van der Waals surface area contributed by atoms with Gasteiger partial charge in [0.05, 0.1) is 6.54 Å². The fraction of sp³-hybridized carbons (Fsp3) is 0.143. The topological polar surface area (TPSA) is 63.8 Å². The highest BCUT2D eigenvalue weighted by Crippen LogP contribution is 2.00. The summed E-state index contributed by atoms with van der Waals surface area (Å²) < 4.78 is 0. The average molecular weight is 148 g/mol. The minimum atomic E-state index is 0.243. The molecule has 0 aliphatic carbocycles. The standard InChI is InChI=1S/C7H8N4/c1-2-4-9-6-3-5-10-7(8)11-6/h1,3,5H,4H2,(H3,8,9,10,11). The van der Waals surface area contributed by atoms with Gasteiger partial charge in [-0.15, -0.1) is 6.42 Å². The lowest BCUT2D eigenvalue weighted by atomic mass is 10.5. The first kappa shape index (κ1) is 7.35. The molecule has 0 amide bonds. The molecule has 0 unspecified atom stereocenters. The predicted octanol–water partition coefficient (Wildman–Crippen LogP) is 0.104.